The second kappa shape index (κ2) is 6.98. The summed E-state index contributed by atoms with van der Waals surface area (Å²) in [5, 5.41) is 3.02. The van der Waals surface area contributed by atoms with E-state index in [-0.39, 0.29) is 5.69 Å². The Bertz CT molecular complexity index is 714. The van der Waals surface area contributed by atoms with E-state index in [0.717, 1.165) is 6.54 Å². The lowest BCUT2D eigenvalue weighted by molar-refractivity contribution is 0.235. The molecule has 0 saturated heterocycles. The highest BCUT2D eigenvalue weighted by atomic mass is 32.3. The van der Waals surface area contributed by atoms with Crippen molar-refractivity contribution in [2.75, 3.05) is 17.9 Å². The van der Waals surface area contributed by atoms with Gasteiger partial charge in [0.2, 0.25) is 5.44 Å². The molecule has 3 N–H and O–H groups in total. The second-order valence-corrected chi connectivity index (χ2v) is 7.58. The summed E-state index contributed by atoms with van der Waals surface area (Å²) in [5.41, 5.74) is -0.236. The van der Waals surface area contributed by atoms with Crippen LogP contribution in [-0.2, 0) is 0 Å². The Morgan fingerprint density at radius 3 is 2.50 bits per heavy atom. The molecule has 0 saturated carbocycles. The molecule has 0 fully saturated rings. The number of halogens is 1. The van der Waals surface area contributed by atoms with Gasteiger partial charge in [0.05, 0.1) is 5.69 Å². The summed E-state index contributed by atoms with van der Waals surface area (Å²) in [6.45, 7) is 0.733. The average molecular weight is 352 g/mol. The van der Waals surface area contributed by atoms with E-state index in [9.17, 15) is 13.5 Å². The number of anilines is 2. The minimum Gasteiger partial charge on any atom is -0.467 e. The van der Waals surface area contributed by atoms with Crippen LogP contribution in [0.1, 0.15) is 12.8 Å². The summed E-state index contributed by atoms with van der Waals surface area (Å²) < 4.78 is 43.2. The number of para-hydroxylation sites is 3. The zero-order valence-corrected chi connectivity index (χ0v) is 14.2. The van der Waals surface area contributed by atoms with Crippen LogP contribution >= 0.6 is 10.8 Å². The largest absolute Gasteiger partial charge is 0.467 e. The number of hydrogen-bond acceptors (Lipinski definition) is 5. The molecule has 7 heteroatoms. The molecule has 5 nitrogen and oxygen atoms in total. The van der Waals surface area contributed by atoms with Gasteiger partial charge >= 0.3 is 0 Å². The van der Waals surface area contributed by atoms with Gasteiger partial charge in [-0.25, -0.2) is 8.70 Å². The van der Waals surface area contributed by atoms with E-state index in [1.165, 1.54) is 16.4 Å². The molecule has 0 unspecified atom stereocenters. The third kappa shape index (κ3) is 3.08. The molecule has 24 heavy (non-hydrogen) atoms. The summed E-state index contributed by atoms with van der Waals surface area (Å²) in [6.07, 6.45) is 1.16. The van der Waals surface area contributed by atoms with Gasteiger partial charge in [0, 0.05) is 6.42 Å². The fraction of sp³-hybridized carbons (Fsp3) is 0.294. The molecular formula is C17H21FN2O3S. The molecule has 0 aliphatic carbocycles. The van der Waals surface area contributed by atoms with Crippen LogP contribution in [0.5, 0.6) is 5.75 Å². The van der Waals surface area contributed by atoms with Crippen LogP contribution in [-0.4, -0.2) is 28.1 Å². The topological polar surface area (TPSA) is 65.0 Å². The highest BCUT2D eigenvalue weighted by Crippen LogP contribution is 2.61. The summed E-state index contributed by atoms with van der Waals surface area (Å²) in [4.78, 5) is 0. The number of nitrogens with zero attached hydrogens (tertiary/aromatic N) is 1. The van der Waals surface area contributed by atoms with Gasteiger partial charge in [0.25, 0.3) is 0 Å². The first-order valence-electron chi connectivity index (χ1n) is 7.78. The minimum absolute atomic E-state index is 0.131. The maximum absolute atomic E-state index is 14.3. The van der Waals surface area contributed by atoms with E-state index < -0.39 is 22.0 Å². The molecule has 1 atom stereocenters. The zero-order chi connectivity index (χ0) is 17.2. The van der Waals surface area contributed by atoms with Crippen molar-refractivity contribution in [2.45, 2.75) is 18.3 Å². The number of hydrogen-bond donors (Lipinski definition) is 3. The number of nitrogens with one attached hydrogen (secondary N) is 1. The van der Waals surface area contributed by atoms with Crippen LogP contribution in [0.3, 0.4) is 0 Å². The fourth-order valence-corrected chi connectivity index (χ4v) is 4.58. The quantitative estimate of drug-likeness (QED) is 0.698. The smallest absolute Gasteiger partial charge is 0.206 e. The molecular weight excluding hydrogens is 331 g/mol. The number of rotatable bonds is 5. The molecule has 2 aromatic carbocycles. The molecule has 2 aromatic rings. The number of fused-ring (bicyclic) bond motifs is 1. The summed E-state index contributed by atoms with van der Waals surface area (Å²) in [5.74, 6) is 0.00425. The lowest BCUT2D eigenvalue weighted by Gasteiger charge is -2.51. The van der Waals surface area contributed by atoms with Gasteiger partial charge in [-0.1, -0.05) is 35.0 Å². The molecule has 1 aliphatic rings. The van der Waals surface area contributed by atoms with Gasteiger partial charge in [-0.2, -0.15) is 0 Å². The predicted octanol–water partition coefficient (Wildman–Crippen LogP) is 4.35. The molecule has 0 radical (unpaired) electrons. The number of ether oxygens (including phenoxy) is 1. The van der Waals surface area contributed by atoms with Gasteiger partial charge in [-0.05, 0) is 44.3 Å². The van der Waals surface area contributed by atoms with Crippen LogP contribution in [0.2, 0.25) is 0 Å². The van der Waals surface area contributed by atoms with E-state index in [0.29, 0.717) is 24.3 Å². The Hall–Kier alpha value is -1.80. The monoisotopic (exact) mass is 352 g/mol. The SMILES string of the molecule is CNCCC[C@H]1Oc2ccccc2N(c2ccccc2F)S1(O)O. The first kappa shape index (κ1) is 17.0. The third-order valence-corrected chi connectivity index (χ3v) is 5.87. The van der Waals surface area contributed by atoms with Crippen molar-refractivity contribution in [3.8, 4) is 5.75 Å². The highest BCUT2D eigenvalue weighted by molar-refractivity contribution is 8.26. The Kier molecular flexibility index (Phi) is 4.96. The molecule has 1 aliphatic heterocycles. The van der Waals surface area contributed by atoms with Crippen LogP contribution in [0.25, 0.3) is 0 Å². The first-order valence-corrected chi connectivity index (χ1v) is 9.34. The van der Waals surface area contributed by atoms with Crippen molar-refractivity contribution >= 4 is 22.2 Å². The van der Waals surface area contributed by atoms with E-state index >= 15 is 0 Å². The minimum atomic E-state index is -3.39. The van der Waals surface area contributed by atoms with E-state index in [1.54, 1.807) is 36.4 Å². The lowest BCUT2D eigenvalue weighted by atomic mass is 10.2. The molecule has 0 amide bonds. The second-order valence-electron chi connectivity index (χ2n) is 5.57. The predicted molar refractivity (Wildman–Crippen MR) is 95.4 cm³/mol. The van der Waals surface area contributed by atoms with Gasteiger partial charge in [0.15, 0.2) is 0 Å². The van der Waals surface area contributed by atoms with Crippen molar-refractivity contribution in [1.82, 2.24) is 5.32 Å². The molecule has 0 bridgehead atoms. The molecule has 3 rings (SSSR count). The van der Waals surface area contributed by atoms with Crippen molar-refractivity contribution in [3.63, 3.8) is 0 Å². The maximum Gasteiger partial charge on any atom is 0.206 e. The van der Waals surface area contributed by atoms with Crippen molar-refractivity contribution in [1.29, 1.82) is 0 Å². The Balaban J connectivity index is 2.05. The molecule has 0 spiro atoms. The first-order chi connectivity index (χ1) is 11.6. The summed E-state index contributed by atoms with van der Waals surface area (Å²) >= 11 is 0. The highest BCUT2D eigenvalue weighted by Gasteiger charge is 2.41. The van der Waals surface area contributed by atoms with Crippen molar-refractivity contribution in [2.24, 2.45) is 0 Å². The van der Waals surface area contributed by atoms with E-state index in [4.69, 9.17) is 4.74 Å². The van der Waals surface area contributed by atoms with Crippen LogP contribution < -0.4 is 14.4 Å². The molecule has 130 valence electrons. The average Bonchev–Trinajstić information content (AvgIpc) is 2.56. The van der Waals surface area contributed by atoms with Crippen molar-refractivity contribution < 1.29 is 18.2 Å². The molecule has 0 aromatic heterocycles. The normalized spacial score (nSPS) is 20.2. The third-order valence-electron chi connectivity index (χ3n) is 3.90. The van der Waals surface area contributed by atoms with Gasteiger partial charge in [0.1, 0.15) is 17.3 Å². The number of benzene rings is 2. The Morgan fingerprint density at radius 1 is 1.12 bits per heavy atom. The fourth-order valence-electron chi connectivity index (χ4n) is 2.75. The Morgan fingerprint density at radius 2 is 1.79 bits per heavy atom. The van der Waals surface area contributed by atoms with Crippen molar-refractivity contribution in [3.05, 3.63) is 54.3 Å². The standard InChI is InChI=1S/C17H21FN2O3S/c1-19-12-6-11-17-23-16-10-5-4-9-15(16)20(24(17,21)22)14-8-3-2-7-13(14)18/h2-5,7-10,17,19,21-22H,6,11-12H2,1H3/t17-/m0/s1. The van der Waals surface area contributed by atoms with Gasteiger partial charge in [-0.3, -0.25) is 9.11 Å². The van der Waals surface area contributed by atoms with Crippen LogP contribution in [0, 0.1) is 5.82 Å². The van der Waals surface area contributed by atoms with E-state index in [2.05, 4.69) is 5.32 Å². The Labute approximate surface area is 142 Å². The van der Waals surface area contributed by atoms with Gasteiger partial charge in [-0.15, -0.1) is 0 Å². The van der Waals surface area contributed by atoms with Crippen LogP contribution in [0.4, 0.5) is 15.8 Å². The van der Waals surface area contributed by atoms with Crippen LogP contribution in [0.15, 0.2) is 48.5 Å². The zero-order valence-electron chi connectivity index (χ0n) is 13.4. The van der Waals surface area contributed by atoms with Gasteiger partial charge < -0.3 is 10.1 Å². The van der Waals surface area contributed by atoms with E-state index in [1.807, 2.05) is 7.05 Å². The summed E-state index contributed by atoms with van der Waals surface area (Å²) in [7, 11) is -1.56. The summed E-state index contributed by atoms with van der Waals surface area (Å²) in [6, 6.07) is 13.1. The molecule has 1 heterocycles. The lowest BCUT2D eigenvalue weighted by Crippen LogP contribution is -2.39. The maximum atomic E-state index is 14.3.